The summed E-state index contributed by atoms with van der Waals surface area (Å²) in [5.74, 6) is 1.74. The van der Waals surface area contributed by atoms with Crippen molar-refractivity contribution >= 4 is 34.9 Å². The zero-order valence-electron chi connectivity index (χ0n) is 30.4. The molecule has 0 spiro atoms. The molecule has 0 bridgehead atoms. The summed E-state index contributed by atoms with van der Waals surface area (Å²) in [7, 11) is 1.49. The van der Waals surface area contributed by atoms with Crippen molar-refractivity contribution in [2.24, 2.45) is 11.8 Å². The van der Waals surface area contributed by atoms with E-state index in [2.05, 4.69) is 14.9 Å². The van der Waals surface area contributed by atoms with Crippen LogP contribution in [0.4, 0.5) is 43.8 Å². The highest BCUT2D eigenvalue weighted by Gasteiger charge is 2.38. The molecule has 0 unspecified atom stereocenters. The molecule has 0 aliphatic heterocycles. The number of hydrogen-bond acceptors (Lipinski definition) is 8. The molecule has 6 rings (SSSR count). The van der Waals surface area contributed by atoms with Gasteiger partial charge >= 0.3 is 12.4 Å². The van der Waals surface area contributed by atoms with E-state index < -0.39 is 35.6 Å². The quantitative estimate of drug-likeness (QED) is 0.0901. The number of anilines is 3. The summed E-state index contributed by atoms with van der Waals surface area (Å²) in [6.07, 6.45) is -2.26. The van der Waals surface area contributed by atoms with Gasteiger partial charge in [-0.25, -0.2) is 19.6 Å². The van der Waals surface area contributed by atoms with Crippen molar-refractivity contribution in [2.75, 3.05) is 48.1 Å². The highest BCUT2D eigenvalue weighted by Crippen LogP contribution is 2.40. The van der Waals surface area contributed by atoms with E-state index in [1.54, 1.807) is 4.90 Å². The smallest absolute Gasteiger partial charge is 0.383 e. The SMILES string of the molecule is COCCN(C=O)c1cnc(N(Cc2cc(C(F)(F)F)cc(C(F)(F)F)c2)Cc2cc3c(C)nn(C(C)(C)C)c3nc2N(CC2CC2)CC2CC2)nc1. The van der Waals surface area contributed by atoms with Gasteiger partial charge in [0.1, 0.15) is 5.82 Å². The average Bonchev–Trinajstić information content (AvgIpc) is 4.03. The molecule has 16 heteroatoms. The van der Waals surface area contributed by atoms with Crippen molar-refractivity contribution in [3.05, 3.63) is 64.6 Å². The summed E-state index contributed by atoms with van der Waals surface area (Å²) in [5.41, 5.74) is -0.967. The van der Waals surface area contributed by atoms with Gasteiger partial charge in [0.25, 0.3) is 0 Å². The highest BCUT2D eigenvalue weighted by atomic mass is 19.4. The van der Waals surface area contributed by atoms with Crippen molar-refractivity contribution in [3.8, 4) is 0 Å². The number of carbonyl (C=O) groups is 1. The van der Waals surface area contributed by atoms with Crippen molar-refractivity contribution in [1.29, 1.82) is 0 Å². The zero-order chi connectivity index (χ0) is 38.3. The third-order valence-electron chi connectivity index (χ3n) is 9.47. The van der Waals surface area contributed by atoms with Crippen LogP contribution in [-0.2, 0) is 40.5 Å². The number of nitrogens with zero attached hydrogens (tertiary/aromatic N) is 8. The first-order chi connectivity index (χ1) is 24.9. The maximum Gasteiger partial charge on any atom is 0.416 e. The molecule has 0 radical (unpaired) electrons. The first-order valence-electron chi connectivity index (χ1n) is 17.7. The maximum atomic E-state index is 13.9. The molecular formula is C37H44F6N8O2. The van der Waals surface area contributed by atoms with E-state index in [1.165, 1.54) is 24.4 Å². The molecule has 2 fully saturated rings. The molecule has 4 aromatic rings. The standard InChI is InChI=1S/C37H44F6N8O2/c1-23-31-14-27(32(46-33(31)51(47-23)35(2,3)4)49(18-24-6-7-24)19-25-8-9-25)21-50(34-44-16-30(17-45-34)48(22-52)10-11-53-5)20-26-12-28(36(38,39)40)15-29(13-26)37(41,42)43/h12-17,22,24-25H,6-11,18-21H2,1-5H3. The van der Waals surface area contributed by atoms with Gasteiger partial charge in [-0.2, -0.15) is 31.4 Å². The molecule has 1 amide bonds. The fourth-order valence-electron chi connectivity index (χ4n) is 6.34. The number of hydrogen-bond donors (Lipinski definition) is 0. The van der Waals surface area contributed by atoms with E-state index in [1.807, 2.05) is 38.4 Å². The summed E-state index contributed by atoms with van der Waals surface area (Å²) in [6.45, 7) is 9.61. The van der Waals surface area contributed by atoms with E-state index in [0.717, 1.165) is 62.0 Å². The Balaban J connectivity index is 1.49. The van der Waals surface area contributed by atoms with Gasteiger partial charge in [-0.15, -0.1) is 0 Å². The number of amides is 1. The summed E-state index contributed by atoms with van der Waals surface area (Å²) < 4.78 is 90.7. The molecule has 2 saturated carbocycles. The lowest BCUT2D eigenvalue weighted by Gasteiger charge is -2.30. The number of alkyl halides is 6. The summed E-state index contributed by atoms with van der Waals surface area (Å²) in [5, 5.41) is 5.60. The predicted molar refractivity (Wildman–Crippen MR) is 189 cm³/mol. The number of fused-ring (bicyclic) bond motifs is 1. The minimum Gasteiger partial charge on any atom is -0.383 e. The van der Waals surface area contributed by atoms with Crippen LogP contribution in [0, 0.1) is 18.8 Å². The van der Waals surface area contributed by atoms with Crippen molar-refractivity contribution in [3.63, 3.8) is 0 Å². The van der Waals surface area contributed by atoms with Crippen LogP contribution in [0.25, 0.3) is 11.0 Å². The molecule has 0 atom stereocenters. The molecule has 53 heavy (non-hydrogen) atoms. The second-order valence-electron chi connectivity index (χ2n) is 15.1. The molecule has 1 aromatic carbocycles. The van der Waals surface area contributed by atoms with E-state index in [4.69, 9.17) is 14.8 Å². The summed E-state index contributed by atoms with van der Waals surface area (Å²) in [6, 6.07) is 3.54. The van der Waals surface area contributed by atoms with Gasteiger partial charge in [-0.3, -0.25) is 4.79 Å². The summed E-state index contributed by atoms with van der Waals surface area (Å²) in [4.78, 5) is 31.2. The topological polar surface area (TPSA) is 92.5 Å². The molecule has 0 N–H and O–H groups in total. The Bertz CT molecular complexity index is 1870. The molecule has 3 aromatic heterocycles. The Kier molecular flexibility index (Phi) is 10.6. The lowest BCUT2D eigenvalue weighted by Crippen LogP contribution is -2.32. The second kappa shape index (κ2) is 14.7. The van der Waals surface area contributed by atoms with Crippen LogP contribution >= 0.6 is 0 Å². The van der Waals surface area contributed by atoms with Gasteiger partial charge in [0.15, 0.2) is 5.65 Å². The first-order valence-corrected chi connectivity index (χ1v) is 17.7. The lowest BCUT2D eigenvalue weighted by atomic mass is 10.0. The first kappa shape index (κ1) is 38.3. The van der Waals surface area contributed by atoms with E-state index in [9.17, 15) is 31.1 Å². The minimum absolute atomic E-state index is 0.00224. The molecule has 2 aliphatic rings. The van der Waals surface area contributed by atoms with Crippen LogP contribution in [0.5, 0.6) is 0 Å². The number of pyridine rings is 1. The molecule has 286 valence electrons. The molecule has 2 aliphatic carbocycles. The van der Waals surface area contributed by atoms with Crippen molar-refractivity contribution < 1.29 is 35.9 Å². The fourth-order valence-corrected chi connectivity index (χ4v) is 6.34. The number of halogens is 6. The van der Waals surface area contributed by atoms with Crippen LogP contribution in [0.3, 0.4) is 0 Å². The average molecular weight is 747 g/mol. The second-order valence-corrected chi connectivity index (χ2v) is 15.1. The number of benzene rings is 1. The Morgan fingerprint density at radius 2 is 1.45 bits per heavy atom. The van der Waals surface area contributed by atoms with Crippen molar-refractivity contribution in [2.45, 2.75) is 84.4 Å². The largest absolute Gasteiger partial charge is 0.416 e. The number of rotatable bonds is 15. The van der Waals surface area contributed by atoms with Gasteiger partial charge in [0, 0.05) is 50.8 Å². The Hall–Kier alpha value is -4.47. The van der Waals surface area contributed by atoms with Gasteiger partial charge in [0.2, 0.25) is 12.4 Å². The zero-order valence-corrected chi connectivity index (χ0v) is 30.4. The number of ether oxygens (including phenoxy) is 1. The third kappa shape index (κ3) is 9.19. The fraction of sp³-hybridized carbons (Fsp3) is 0.541. The molecular weight excluding hydrogens is 702 g/mol. The lowest BCUT2D eigenvalue weighted by molar-refractivity contribution is -0.143. The summed E-state index contributed by atoms with van der Waals surface area (Å²) >= 11 is 0. The van der Waals surface area contributed by atoms with Gasteiger partial charge in [0.05, 0.1) is 47.0 Å². The van der Waals surface area contributed by atoms with Crippen molar-refractivity contribution in [1.82, 2.24) is 24.7 Å². The minimum atomic E-state index is -5.02. The van der Waals surface area contributed by atoms with E-state index >= 15 is 0 Å². The van der Waals surface area contributed by atoms with E-state index in [-0.39, 0.29) is 37.3 Å². The van der Waals surface area contributed by atoms with Crippen LogP contribution < -0.4 is 14.7 Å². The number of aryl methyl sites for hydroxylation is 1. The van der Waals surface area contributed by atoms with Crippen LogP contribution in [0.2, 0.25) is 0 Å². The van der Waals surface area contributed by atoms with Crippen LogP contribution in [0.15, 0.2) is 36.7 Å². The Morgan fingerprint density at radius 3 is 1.94 bits per heavy atom. The maximum absolute atomic E-state index is 13.9. The molecule has 3 heterocycles. The van der Waals surface area contributed by atoms with Gasteiger partial charge in [-0.05, 0) is 95.0 Å². The highest BCUT2D eigenvalue weighted by molar-refractivity contribution is 5.82. The van der Waals surface area contributed by atoms with E-state index in [0.29, 0.717) is 41.0 Å². The Labute approximate surface area is 304 Å². The molecule has 0 saturated heterocycles. The van der Waals surface area contributed by atoms with Crippen LogP contribution in [0.1, 0.15) is 74.4 Å². The molecule has 10 nitrogen and oxygen atoms in total. The number of carbonyl (C=O) groups excluding carboxylic acids is 1. The predicted octanol–water partition coefficient (Wildman–Crippen LogP) is 7.76. The Morgan fingerprint density at radius 1 is 0.868 bits per heavy atom. The van der Waals surface area contributed by atoms with Crippen LogP contribution in [-0.4, -0.2) is 64.5 Å². The van der Waals surface area contributed by atoms with Gasteiger partial charge < -0.3 is 19.4 Å². The number of aromatic nitrogens is 5. The number of methoxy groups -OCH3 is 1. The normalized spacial score (nSPS) is 15.2. The van der Waals surface area contributed by atoms with Gasteiger partial charge in [-0.1, -0.05) is 0 Å². The third-order valence-corrected chi connectivity index (χ3v) is 9.47. The monoisotopic (exact) mass is 746 g/mol.